The summed E-state index contributed by atoms with van der Waals surface area (Å²) < 4.78 is 13.7. The van der Waals surface area contributed by atoms with Crippen LogP contribution in [0.4, 0.5) is 5.69 Å². The van der Waals surface area contributed by atoms with Gasteiger partial charge in [-0.25, -0.2) is 15.0 Å². The smallest absolute Gasteiger partial charge is 0.213 e. The van der Waals surface area contributed by atoms with E-state index in [0.717, 1.165) is 62.1 Å². The lowest BCUT2D eigenvalue weighted by Crippen LogP contribution is -2.41. The van der Waals surface area contributed by atoms with Gasteiger partial charge in [-0.3, -0.25) is 30.8 Å². The van der Waals surface area contributed by atoms with Crippen molar-refractivity contribution in [2.75, 3.05) is 52.4 Å². The first kappa shape index (κ1) is 85.1. The fraction of sp³-hybridized carbons (Fsp3) is 0.356. The van der Waals surface area contributed by atoms with E-state index in [1.165, 1.54) is 208 Å². The molecule has 1 saturated carbocycles. The van der Waals surface area contributed by atoms with E-state index >= 15 is 0 Å². The predicted molar refractivity (Wildman–Crippen MR) is 445 cm³/mol. The highest BCUT2D eigenvalue weighted by Gasteiger charge is 2.34. The van der Waals surface area contributed by atoms with Crippen LogP contribution in [0.25, 0.3) is 21.9 Å². The number of nitrogens with zero attached hydrogens (tertiary/aromatic N) is 10. The SMILES string of the molecule is C1=CCC=C1.C1=CCCCC1.C1=CN=CC1.C1=NCc2ccccc21.C1=NN=CC1.C1=Nc2ccccc2C1.C1CCCCC1.C1CCNCC1.C1CNCC2(C1)CCNC2.C1CNNC1.c1ccc2ccccc2c1.c1ccc2ocnc2c1.c1ccccc1.c1cocn1.c1cscn1.c1ncon1. The number of nitrogens with one attached hydrogen (secondary N) is 5. The molecule has 8 aliphatic heterocycles. The summed E-state index contributed by atoms with van der Waals surface area (Å²) in [5.74, 6) is 0. The van der Waals surface area contributed by atoms with Crippen molar-refractivity contribution in [2.24, 2.45) is 30.6 Å². The molecule has 5 fully saturated rings. The molecule has 5 N–H and O–H groups in total. The number of hydrazine groups is 1. The van der Waals surface area contributed by atoms with Crippen molar-refractivity contribution >= 4 is 70.0 Å². The van der Waals surface area contributed by atoms with Gasteiger partial charge in [0.25, 0.3) is 0 Å². The molecular weight excluding hydrogens is 1340 g/mol. The molecule has 4 aromatic heterocycles. The summed E-state index contributed by atoms with van der Waals surface area (Å²) in [4.78, 5) is 26.8. The molecule has 18 nitrogen and oxygen atoms in total. The number of oxazole rings is 2. The standard InChI is InChI=1S/C10H8.C8H16N2.2C8H7N.C7H5NO.C6H12.C6H10.C6H6.C5H11N.C5H6.C4H5N.C3H8N2.C3H4N2.C3H3NO.C3H3NS.C2H2N2O/c1-2-6-10-8-4-3-7-9(10)5-1;1-2-8(6-9-4-1)3-5-10-7-8;1-2-4-8-6-9-5-7(8)3-1;1-2-4-8-7(3-1)5-6-9-8;1-2-4-7-6(3-1)8-5-9-7;4*1-2-4-6-5-3-1;4*1-2-4-5-3-1;2*1-2-5-3-4-1;1-3-2-5-4-1/h1-8H;9-10H,1-7H2;1-5H,6H2;1-4,6H,5H2;1-5H;1-6H2;1-2H,3-6H2;1-6H;6H,1-5H2;1-4H,5H2;1,3-4H,2H2;4-5H,1-3H2;2-3H,1H2;2*1-3H;1-2H. The van der Waals surface area contributed by atoms with Gasteiger partial charge in [0.15, 0.2) is 24.7 Å². The number of aliphatic imine (C=N–C) groups is 3. The lowest BCUT2D eigenvalue weighted by atomic mass is 9.80. The molecular formula is C87H113N15O3S. The summed E-state index contributed by atoms with van der Waals surface area (Å²) in [6.07, 6.45) is 64.5. The largest absolute Gasteiger partial charge is 0.452 e. The number of rotatable bonds is 0. The summed E-state index contributed by atoms with van der Waals surface area (Å²) in [5, 5.41) is 25.0. The Balaban J connectivity index is 0.000000178. The van der Waals surface area contributed by atoms with Gasteiger partial charge in [0.05, 0.1) is 23.9 Å². The molecule has 560 valence electrons. The monoisotopic (exact) mass is 1450 g/mol. The minimum absolute atomic E-state index is 0.651. The van der Waals surface area contributed by atoms with Crippen LogP contribution in [0.15, 0.2) is 300 Å². The van der Waals surface area contributed by atoms with Crippen molar-refractivity contribution in [1.82, 2.24) is 51.9 Å². The van der Waals surface area contributed by atoms with Gasteiger partial charge in [-0.1, -0.05) is 232 Å². The molecule has 21 rings (SSSR count). The zero-order valence-electron chi connectivity index (χ0n) is 62.0. The van der Waals surface area contributed by atoms with E-state index < -0.39 is 0 Å². The number of fused-ring (bicyclic) bond motifs is 4. The molecule has 0 amide bonds. The average Bonchev–Trinajstić information content (AvgIpc) is 1.60. The number of hydrogen-bond donors (Lipinski definition) is 5. The second-order valence-electron chi connectivity index (χ2n) is 25.0. The predicted octanol–water partition coefficient (Wildman–Crippen LogP) is 19.8. The maximum absolute atomic E-state index is 5.01. The maximum atomic E-state index is 5.01. The van der Waals surface area contributed by atoms with Crippen LogP contribution in [0.3, 0.4) is 0 Å². The third-order valence-corrected chi connectivity index (χ3v) is 17.3. The maximum Gasteiger partial charge on any atom is 0.213 e. The zero-order valence-corrected chi connectivity index (χ0v) is 62.8. The van der Waals surface area contributed by atoms with Gasteiger partial charge in [-0.05, 0) is 148 Å². The van der Waals surface area contributed by atoms with Gasteiger partial charge in [0.2, 0.25) is 6.39 Å². The fourth-order valence-corrected chi connectivity index (χ4v) is 11.4. The minimum Gasteiger partial charge on any atom is -0.452 e. The zero-order chi connectivity index (χ0) is 73.7. The molecule has 6 aromatic carbocycles. The molecule has 19 heteroatoms. The lowest BCUT2D eigenvalue weighted by Gasteiger charge is -2.32. The third kappa shape index (κ3) is 43.4. The Hall–Kier alpha value is -9.86. The summed E-state index contributed by atoms with van der Waals surface area (Å²) in [7, 11) is 0. The number of hydrogen-bond acceptors (Lipinski definition) is 19. The van der Waals surface area contributed by atoms with Crippen molar-refractivity contribution in [3.05, 3.63) is 278 Å². The van der Waals surface area contributed by atoms with E-state index in [1.807, 2.05) is 121 Å². The molecule has 11 aliphatic rings. The Labute approximate surface area is 634 Å². The number of allylic oxidation sites excluding steroid dienone is 7. The van der Waals surface area contributed by atoms with Crippen molar-refractivity contribution in [2.45, 2.75) is 141 Å². The Kier molecular flexibility index (Phi) is 49.3. The Morgan fingerprint density at radius 3 is 1.49 bits per heavy atom. The van der Waals surface area contributed by atoms with Crippen LogP contribution in [0, 0.1) is 5.41 Å². The quantitative estimate of drug-likeness (QED) is 0.0892. The summed E-state index contributed by atoms with van der Waals surface area (Å²) in [6.45, 7) is 10.6. The number of benzene rings is 6. The van der Waals surface area contributed by atoms with Crippen LogP contribution in [-0.2, 0) is 13.0 Å². The van der Waals surface area contributed by atoms with Crippen LogP contribution >= 0.6 is 11.3 Å². The van der Waals surface area contributed by atoms with Crippen LogP contribution in [0.5, 0.6) is 0 Å². The van der Waals surface area contributed by atoms with Crippen molar-refractivity contribution in [3.63, 3.8) is 0 Å². The number of aromatic nitrogens is 5. The molecule has 4 saturated heterocycles. The Morgan fingerprint density at radius 2 is 1.09 bits per heavy atom. The van der Waals surface area contributed by atoms with Crippen LogP contribution < -0.4 is 26.8 Å². The Bertz CT molecular complexity index is 3450. The third-order valence-electron chi connectivity index (χ3n) is 16.7. The molecule has 106 heavy (non-hydrogen) atoms. The van der Waals surface area contributed by atoms with E-state index in [9.17, 15) is 0 Å². The van der Waals surface area contributed by atoms with Crippen molar-refractivity contribution < 1.29 is 13.4 Å². The molecule has 10 aromatic rings. The van der Waals surface area contributed by atoms with E-state index in [1.54, 1.807) is 47.9 Å². The lowest BCUT2D eigenvalue weighted by molar-refractivity contribution is 0.236. The van der Waals surface area contributed by atoms with Crippen molar-refractivity contribution in [3.8, 4) is 0 Å². The first-order chi connectivity index (χ1) is 52.8. The number of para-hydroxylation sites is 3. The number of piperidine rings is 2. The van der Waals surface area contributed by atoms with Gasteiger partial charge in [-0.2, -0.15) is 10.2 Å². The molecule has 0 radical (unpaired) electrons. The van der Waals surface area contributed by atoms with E-state index in [0.29, 0.717) is 5.41 Å². The van der Waals surface area contributed by atoms with Crippen molar-refractivity contribution in [1.29, 1.82) is 0 Å². The molecule has 1 unspecified atom stereocenters. The first-order valence-corrected chi connectivity index (χ1v) is 38.7. The summed E-state index contributed by atoms with van der Waals surface area (Å²) in [6, 6.07) is 52.9. The van der Waals surface area contributed by atoms with Gasteiger partial charge < -0.3 is 29.3 Å². The van der Waals surface area contributed by atoms with E-state index in [-0.39, 0.29) is 0 Å². The highest BCUT2D eigenvalue weighted by molar-refractivity contribution is 7.07. The molecule has 3 aliphatic carbocycles. The Morgan fingerprint density at radius 1 is 0.462 bits per heavy atom. The van der Waals surface area contributed by atoms with Gasteiger partial charge >= 0.3 is 0 Å². The second-order valence-corrected chi connectivity index (χ2v) is 25.8. The fourth-order valence-electron chi connectivity index (χ4n) is 11.1. The normalized spacial score (nSPS) is 17.1. The highest BCUT2D eigenvalue weighted by atomic mass is 32.1. The van der Waals surface area contributed by atoms with Crippen LogP contribution in [-0.4, -0.2) is 109 Å². The van der Waals surface area contributed by atoms with Gasteiger partial charge in [0.1, 0.15) is 11.8 Å². The molecule has 1 spiro atoms. The highest BCUT2D eigenvalue weighted by Crippen LogP contribution is 2.32. The minimum atomic E-state index is 0.651. The second kappa shape index (κ2) is 61.4. The summed E-state index contributed by atoms with van der Waals surface area (Å²) in [5.41, 5.74) is 15.2. The summed E-state index contributed by atoms with van der Waals surface area (Å²) >= 11 is 1.60. The first-order valence-electron chi connectivity index (χ1n) is 37.8. The van der Waals surface area contributed by atoms with E-state index in [4.69, 9.17) is 4.42 Å². The van der Waals surface area contributed by atoms with Gasteiger partial charge in [-0.15, -0.1) is 11.3 Å². The molecule has 12 heterocycles. The number of thiazole rings is 1. The topological polar surface area (TPSA) is 226 Å². The van der Waals surface area contributed by atoms with Gasteiger partial charge in [0, 0.05) is 94.3 Å². The van der Waals surface area contributed by atoms with Crippen LogP contribution in [0.2, 0.25) is 0 Å². The molecule has 0 bridgehead atoms. The van der Waals surface area contributed by atoms with Crippen LogP contribution in [0.1, 0.15) is 145 Å². The van der Waals surface area contributed by atoms with E-state index in [2.05, 4.69) is 189 Å². The molecule has 1 atom stereocenters. The average molecular weight is 1450 g/mol.